The molecule has 0 aromatic heterocycles. The summed E-state index contributed by atoms with van der Waals surface area (Å²) in [5, 5.41) is 46.8. The van der Waals surface area contributed by atoms with Gasteiger partial charge in [-0.3, -0.25) is 0 Å². The minimum Gasteiger partial charge on any atom is -0.507 e. The molecule has 8 rings (SSSR count). The van der Waals surface area contributed by atoms with Crippen molar-refractivity contribution in [3.05, 3.63) is 181 Å². The molecule has 0 amide bonds. The Kier molecular flexibility index (Phi) is 10.4. The lowest BCUT2D eigenvalue weighted by atomic mass is 9.82. The summed E-state index contributed by atoms with van der Waals surface area (Å²) in [7, 11) is 0. The highest BCUT2D eigenvalue weighted by molar-refractivity contribution is 5.90. The van der Waals surface area contributed by atoms with Gasteiger partial charge >= 0.3 is 0 Å². The van der Waals surface area contributed by atoms with Gasteiger partial charge in [-0.25, -0.2) is 0 Å². The summed E-state index contributed by atoms with van der Waals surface area (Å²) in [5.74, 6) is 0.368. The fraction of sp³-hybridized carbons (Fsp3) is 0.143. The summed E-state index contributed by atoms with van der Waals surface area (Å²) >= 11 is 0. The van der Waals surface area contributed by atoms with Crippen LogP contribution in [0.3, 0.4) is 0 Å². The van der Waals surface area contributed by atoms with Crippen molar-refractivity contribution in [1.82, 2.24) is 0 Å². The van der Waals surface area contributed by atoms with Gasteiger partial charge in [0.2, 0.25) is 0 Å². The first-order valence-corrected chi connectivity index (χ1v) is 20.4. The van der Waals surface area contributed by atoms with E-state index in [1.807, 2.05) is 146 Å². The van der Waals surface area contributed by atoms with Crippen molar-refractivity contribution >= 4 is 0 Å². The lowest BCUT2D eigenvalue weighted by Crippen LogP contribution is -2.11. The lowest BCUT2D eigenvalue weighted by Gasteiger charge is -2.23. The summed E-state index contributed by atoms with van der Waals surface area (Å²) in [6.07, 6.45) is 0. The largest absolute Gasteiger partial charge is 0.507 e. The number of hydrogen-bond acceptors (Lipinski definition) is 4. The summed E-state index contributed by atoms with van der Waals surface area (Å²) in [4.78, 5) is 0. The number of hydrogen-bond donors (Lipinski definition) is 4. The molecular formula is C56H50O4. The topological polar surface area (TPSA) is 80.9 Å². The minimum absolute atomic E-state index is 0.0909. The molecule has 60 heavy (non-hydrogen) atoms. The molecule has 0 saturated heterocycles. The molecule has 4 heteroatoms. The van der Waals surface area contributed by atoms with Crippen LogP contribution in [0.2, 0.25) is 0 Å². The first kappa shape index (κ1) is 39.8. The van der Waals surface area contributed by atoms with Crippen LogP contribution in [0, 0.1) is 0 Å². The summed E-state index contributed by atoms with van der Waals surface area (Å²) in [6, 6.07) is 55.3. The number of aromatic hydroxyl groups is 4. The highest BCUT2D eigenvalue weighted by Gasteiger charge is 2.24. The van der Waals surface area contributed by atoms with Gasteiger partial charge in [0.1, 0.15) is 23.0 Å². The Morgan fingerprint density at radius 1 is 0.267 bits per heavy atom. The molecule has 4 N–H and O–H groups in total. The van der Waals surface area contributed by atoms with Crippen molar-refractivity contribution < 1.29 is 20.4 Å². The van der Waals surface area contributed by atoms with E-state index in [4.69, 9.17) is 0 Å². The molecule has 0 spiro atoms. The van der Waals surface area contributed by atoms with Crippen molar-refractivity contribution in [2.24, 2.45) is 0 Å². The summed E-state index contributed by atoms with van der Waals surface area (Å²) < 4.78 is 0. The van der Waals surface area contributed by atoms with Crippen LogP contribution in [-0.2, 0) is 10.8 Å². The fourth-order valence-corrected chi connectivity index (χ4v) is 7.86. The second-order valence-electron chi connectivity index (χ2n) is 17.7. The van der Waals surface area contributed by atoms with E-state index in [-0.39, 0.29) is 33.8 Å². The van der Waals surface area contributed by atoms with Gasteiger partial charge in [0, 0.05) is 33.4 Å². The second-order valence-corrected chi connectivity index (χ2v) is 17.7. The van der Waals surface area contributed by atoms with Gasteiger partial charge in [0.25, 0.3) is 0 Å². The third-order valence-electron chi connectivity index (χ3n) is 11.4. The molecule has 0 aliphatic carbocycles. The zero-order valence-electron chi connectivity index (χ0n) is 35.0. The van der Waals surface area contributed by atoms with E-state index in [0.717, 1.165) is 55.6 Å². The molecular weight excluding hydrogens is 737 g/mol. The molecule has 0 heterocycles. The van der Waals surface area contributed by atoms with E-state index in [2.05, 4.69) is 53.7 Å². The Balaban J connectivity index is 1.20. The Morgan fingerprint density at radius 3 is 0.933 bits per heavy atom. The standard InChI is InChI=1S/C56H50O4/c1-55(2,3)43-31-47(53(59)49(33-43)45-25-23-39(29-51(45)57)35-15-9-7-10-16-35)41-21-13-19-37(27-41)38-20-14-22-42(28-38)48-32-44(56(4,5)6)34-50(54(48)60)46-26-24-40(30-52(46)58)36-17-11-8-12-18-36/h7-34,57-60H,1-6H3. The molecule has 0 atom stereocenters. The van der Waals surface area contributed by atoms with Crippen LogP contribution >= 0.6 is 0 Å². The highest BCUT2D eigenvalue weighted by Crippen LogP contribution is 2.48. The van der Waals surface area contributed by atoms with Crippen LogP contribution < -0.4 is 0 Å². The third-order valence-corrected chi connectivity index (χ3v) is 11.4. The predicted molar refractivity (Wildman–Crippen MR) is 249 cm³/mol. The van der Waals surface area contributed by atoms with Crippen molar-refractivity contribution in [3.63, 3.8) is 0 Å². The average molecular weight is 787 g/mol. The summed E-state index contributed by atoms with van der Waals surface area (Å²) in [6.45, 7) is 12.9. The monoisotopic (exact) mass is 786 g/mol. The van der Waals surface area contributed by atoms with E-state index in [9.17, 15) is 20.4 Å². The van der Waals surface area contributed by atoms with Gasteiger partial charge in [-0.1, -0.05) is 151 Å². The SMILES string of the molecule is CC(C)(C)c1cc(-c2cccc(-c3cccc(-c4cc(C(C)(C)C)cc(-c5ccc(-c6ccccc6)cc5O)c4O)c3)c2)c(O)c(-c2ccc(-c3ccccc3)cc2O)c1. The maximum absolute atomic E-state index is 12.0. The molecule has 0 fully saturated rings. The van der Waals surface area contributed by atoms with Crippen molar-refractivity contribution in [1.29, 1.82) is 0 Å². The Bertz CT molecular complexity index is 2660. The predicted octanol–water partition coefficient (Wildman–Crippen LogP) is 14.8. The Hall–Kier alpha value is -7.04. The third kappa shape index (κ3) is 7.89. The normalized spacial score (nSPS) is 11.8. The highest BCUT2D eigenvalue weighted by atomic mass is 16.3. The van der Waals surface area contributed by atoms with Crippen LogP contribution in [0.4, 0.5) is 0 Å². The van der Waals surface area contributed by atoms with E-state index < -0.39 is 0 Å². The van der Waals surface area contributed by atoms with Gasteiger partial charge in [-0.05, 0) is 127 Å². The van der Waals surface area contributed by atoms with E-state index in [1.165, 1.54) is 0 Å². The van der Waals surface area contributed by atoms with Crippen LogP contribution in [0.15, 0.2) is 170 Å². The fourth-order valence-electron chi connectivity index (χ4n) is 7.86. The van der Waals surface area contributed by atoms with Gasteiger partial charge in [0.05, 0.1) is 0 Å². The Morgan fingerprint density at radius 2 is 0.583 bits per heavy atom. The van der Waals surface area contributed by atoms with Gasteiger partial charge in [-0.15, -0.1) is 0 Å². The summed E-state index contributed by atoms with van der Waals surface area (Å²) in [5.41, 5.74) is 12.4. The van der Waals surface area contributed by atoms with Crippen LogP contribution in [0.5, 0.6) is 23.0 Å². The molecule has 0 aliphatic rings. The maximum Gasteiger partial charge on any atom is 0.131 e. The molecule has 4 nitrogen and oxygen atoms in total. The smallest absolute Gasteiger partial charge is 0.131 e. The Labute approximate surface area is 353 Å². The van der Waals surface area contributed by atoms with Gasteiger partial charge in [-0.2, -0.15) is 0 Å². The zero-order chi connectivity index (χ0) is 42.3. The molecule has 298 valence electrons. The van der Waals surface area contributed by atoms with Crippen LogP contribution in [0.1, 0.15) is 52.7 Å². The molecule has 0 unspecified atom stereocenters. The van der Waals surface area contributed by atoms with Crippen molar-refractivity contribution in [2.45, 2.75) is 52.4 Å². The molecule has 0 radical (unpaired) electrons. The molecule has 0 saturated carbocycles. The number of benzene rings is 8. The second kappa shape index (κ2) is 15.6. The van der Waals surface area contributed by atoms with Crippen LogP contribution in [-0.4, -0.2) is 20.4 Å². The van der Waals surface area contributed by atoms with E-state index in [1.54, 1.807) is 12.1 Å². The average Bonchev–Trinajstić information content (AvgIpc) is 3.24. The molecule has 0 bridgehead atoms. The van der Waals surface area contributed by atoms with Crippen LogP contribution in [0.25, 0.3) is 77.9 Å². The van der Waals surface area contributed by atoms with E-state index in [0.29, 0.717) is 33.4 Å². The molecule has 0 aliphatic heterocycles. The maximum atomic E-state index is 12.0. The first-order valence-electron chi connectivity index (χ1n) is 20.4. The van der Waals surface area contributed by atoms with Gasteiger partial charge in [0.15, 0.2) is 0 Å². The minimum atomic E-state index is -0.244. The number of rotatable bonds is 7. The molecule has 8 aromatic carbocycles. The van der Waals surface area contributed by atoms with E-state index >= 15 is 0 Å². The van der Waals surface area contributed by atoms with Crippen molar-refractivity contribution in [3.8, 4) is 101 Å². The zero-order valence-corrected chi connectivity index (χ0v) is 35.0. The quantitative estimate of drug-likeness (QED) is 0.130. The first-order chi connectivity index (χ1) is 28.7. The number of phenols is 4. The van der Waals surface area contributed by atoms with Crippen molar-refractivity contribution in [2.75, 3.05) is 0 Å². The lowest BCUT2D eigenvalue weighted by molar-refractivity contribution is 0.469. The van der Waals surface area contributed by atoms with Gasteiger partial charge < -0.3 is 20.4 Å². The number of phenolic OH excluding ortho intramolecular Hbond substituents is 4. The molecule has 8 aromatic rings.